The molecule has 0 amide bonds. The quantitative estimate of drug-likeness (QED) is 0.784. The molecule has 0 unspecified atom stereocenters. The van der Waals surface area contributed by atoms with Crippen molar-refractivity contribution in [1.29, 1.82) is 0 Å². The van der Waals surface area contributed by atoms with Gasteiger partial charge in [-0.25, -0.2) is 4.39 Å². The first-order valence-electron chi connectivity index (χ1n) is 12.0. The molecule has 0 bridgehead atoms. The number of halogens is 1. The molecule has 0 aromatic heterocycles. The van der Waals surface area contributed by atoms with Gasteiger partial charge in [-0.3, -0.25) is 0 Å². The molecule has 2 fully saturated rings. The minimum Gasteiger partial charge on any atom is -0.399 e. The molecule has 0 atom stereocenters. The van der Waals surface area contributed by atoms with Crippen molar-refractivity contribution in [2.24, 2.45) is 0 Å². The van der Waals surface area contributed by atoms with Crippen LogP contribution in [0.1, 0.15) is 55.5 Å². The third kappa shape index (κ3) is 2.69. The van der Waals surface area contributed by atoms with Gasteiger partial charge in [-0.1, -0.05) is 0 Å². The Kier molecular flexibility index (Phi) is 1.57. The van der Waals surface area contributed by atoms with Gasteiger partial charge in [0.05, 0.1) is 15.3 Å². The normalized spacial score (nSPS) is 41.1. The molecule has 21 heavy (non-hydrogen) atoms. The van der Waals surface area contributed by atoms with Gasteiger partial charge in [-0.15, -0.1) is 0 Å². The first kappa shape index (κ1) is 6.59. The summed E-state index contributed by atoms with van der Waals surface area (Å²) in [6.45, 7) is -0.188. The lowest BCUT2D eigenvalue weighted by atomic mass is 9.79. The van der Waals surface area contributed by atoms with E-state index in [1.807, 2.05) is 0 Å². The summed E-state index contributed by atoms with van der Waals surface area (Å²) < 4.78 is 116. The minimum absolute atomic E-state index is 0.0536. The lowest BCUT2D eigenvalue weighted by Crippen LogP contribution is -2.41. The molecule has 114 valence electrons. The van der Waals surface area contributed by atoms with Crippen molar-refractivity contribution in [3.63, 3.8) is 0 Å². The molecular weight excluding hydrogens is 268 g/mol. The summed E-state index contributed by atoms with van der Waals surface area (Å²) in [5.74, 6) is -1.53. The molecule has 0 saturated carbocycles. The topological polar surface area (TPSA) is 21.7 Å². The molecule has 2 saturated heterocycles. The first-order valence-corrected chi connectivity index (χ1v) is 6.53. The van der Waals surface area contributed by atoms with E-state index in [1.54, 1.807) is 27.7 Å². The van der Waals surface area contributed by atoms with Crippen molar-refractivity contribution < 1.29 is 28.8 Å². The van der Waals surface area contributed by atoms with E-state index in [9.17, 15) is 4.39 Å². The predicted molar refractivity (Wildman–Crippen MR) is 83.6 cm³/mol. The molecule has 0 radical (unpaired) electrons. The zero-order valence-electron chi connectivity index (χ0n) is 23.2. The summed E-state index contributed by atoms with van der Waals surface area (Å²) in [6.07, 6.45) is -6.88. The molecule has 0 aliphatic carbocycles. The van der Waals surface area contributed by atoms with Crippen molar-refractivity contribution in [1.82, 2.24) is 0 Å². The molecule has 3 rings (SSSR count). The molecule has 0 N–H and O–H groups in total. The van der Waals surface area contributed by atoms with Gasteiger partial charge < -0.3 is 14.2 Å². The monoisotopic (exact) mass is 302 g/mol. The van der Waals surface area contributed by atoms with Crippen LogP contribution in [-0.2, 0) is 9.31 Å². The summed E-state index contributed by atoms with van der Waals surface area (Å²) in [5.41, 5.74) is -3.49. The average Bonchev–Trinajstić information content (AvgIpc) is 2.85. The number of benzene rings is 1. The largest absolute Gasteiger partial charge is 0.495 e. The number of hydrogen-bond acceptors (Lipinski definition) is 3. The standard InChI is InChI=1S/C16H23BFNO2/c1-15(2)16(3,4)21-17(20-15)12-9-13(18)11-14(10-12)19-7-5-6-8-19/h9-11H,5-8H2,1-4H3/i5D2,6D2,7D2,8D2,9D,10D,11D. The molecule has 3 nitrogen and oxygen atoms in total. The van der Waals surface area contributed by atoms with Gasteiger partial charge in [0.2, 0.25) is 0 Å². The van der Waals surface area contributed by atoms with Crippen molar-refractivity contribution in [2.75, 3.05) is 17.9 Å². The predicted octanol–water partition coefficient (Wildman–Crippen LogP) is 2.73. The summed E-state index contributed by atoms with van der Waals surface area (Å²) in [6, 6.07) is -3.06. The van der Waals surface area contributed by atoms with Gasteiger partial charge in [0.1, 0.15) is 5.82 Å². The van der Waals surface area contributed by atoms with Gasteiger partial charge in [0, 0.05) is 29.6 Å². The van der Waals surface area contributed by atoms with Crippen LogP contribution in [0.5, 0.6) is 0 Å². The number of hydrogen-bond donors (Lipinski definition) is 0. The van der Waals surface area contributed by atoms with Gasteiger partial charge in [-0.2, -0.15) is 0 Å². The lowest BCUT2D eigenvalue weighted by molar-refractivity contribution is 0.00578. The summed E-state index contributed by atoms with van der Waals surface area (Å²) in [5, 5.41) is 0. The molecule has 1 aromatic carbocycles. The third-order valence-electron chi connectivity index (χ3n) is 3.84. The van der Waals surface area contributed by atoms with E-state index < -0.39 is 79.2 Å². The molecule has 2 aliphatic heterocycles. The highest BCUT2D eigenvalue weighted by molar-refractivity contribution is 6.62. The minimum atomic E-state index is -3.44. The average molecular weight is 302 g/mol. The van der Waals surface area contributed by atoms with Gasteiger partial charge in [0.25, 0.3) is 0 Å². The second-order valence-electron chi connectivity index (χ2n) is 5.85. The van der Waals surface area contributed by atoms with Crippen molar-refractivity contribution >= 4 is 18.3 Å². The van der Waals surface area contributed by atoms with Gasteiger partial charge in [0.15, 0.2) is 0 Å². The van der Waals surface area contributed by atoms with Gasteiger partial charge in [-0.05, 0) is 64.0 Å². The van der Waals surface area contributed by atoms with E-state index in [0.29, 0.717) is 0 Å². The maximum absolute atomic E-state index is 15.0. The number of nitrogens with zero attached hydrogens (tertiary/aromatic N) is 1. The molecule has 2 aliphatic rings. The molecule has 2 heterocycles. The zero-order chi connectivity index (χ0) is 25.0. The smallest absolute Gasteiger partial charge is 0.399 e. The fourth-order valence-electron chi connectivity index (χ4n) is 1.94. The molecule has 1 aromatic rings. The van der Waals surface area contributed by atoms with Crippen LogP contribution in [0.15, 0.2) is 18.1 Å². The Morgan fingerprint density at radius 3 is 2.29 bits per heavy atom. The molecule has 5 heteroatoms. The second-order valence-corrected chi connectivity index (χ2v) is 5.85. The van der Waals surface area contributed by atoms with Crippen molar-refractivity contribution in [3.8, 4) is 0 Å². The second kappa shape index (κ2) is 4.99. The Bertz CT molecular complexity index is 943. The first-order chi connectivity index (χ1) is 14.1. The van der Waals surface area contributed by atoms with Crippen LogP contribution in [0.2, 0.25) is 0 Å². The maximum Gasteiger partial charge on any atom is 0.495 e. The Labute approximate surface area is 142 Å². The van der Waals surface area contributed by atoms with Crippen LogP contribution in [0.4, 0.5) is 10.1 Å². The van der Waals surface area contributed by atoms with E-state index >= 15 is 0 Å². The fraction of sp³-hybridized carbons (Fsp3) is 0.625. The van der Waals surface area contributed by atoms with E-state index in [4.69, 9.17) is 24.4 Å². The van der Waals surface area contributed by atoms with E-state index in [-0.39, 0.29) is 4.90 Å². The SMILES string of the molecule is [2H]c1c(F)c([2H])c(N2C([2H])([2H])C([2H])([2H])C([2H])([2H])C2([2H])[2H])c([2H])c1B1OC(C)(C)C(C)(C)O1. The highest BCUT2D eigenvalue weighted by Crippen LogP contribution is 2.36. The highest BCUT2D eigenvalue weighted by atomic mass is 19.1. The molecular formula is C16H23BFNO2. The van der Waals surface area contributed by atoms with Gasteiger partial charge >= 0.3 is 7.12 Å². The van der Waals surface area contributed by atoms with Crippen molar-refractivity contribution in [3.05, 3.63) is 23.9 Å². The Balaban J connectivity index is 2.33. The fourth-order valence-corrected chi connectivity index (χ4v) is 1.94. The van der Waals surface area contributed by atoms with Crippen LogP contribution in [0.25, 0.3) is 0 Å². The Morgan fingerprint density at radius 1 is 1.14 bits per heavy atom. The summed E-state index contributed by atoms with van der Waals surface area (Å²) in [4.78, 5) is -0.0536. The summed E-state index contributed by atoms with van der Waals surface area (Å²) in [7, 11) is -1.48. The number of anilines is 1. The van der Waals surface area contributed by atoms with Crippen molar-refractivity contribution in [2.45, 2.75) is 51.6 Å². The van der Waals surface area contributed by atoms with E-state index in [1.165, 1.54) is 0 Å². The van der Waals surface area contributed by atoms with Crippen LogP contribution in [-0.4, -0.2) is 31.3 Å². The molecule has 0 spiro atoms. The number of rotatable bonds is 2. The van der Waals surface area contributed by atoms with E-state index in [0.717, 1.165) is 0 Å². The van der Waals surface area contributed by atoms with E-state index in [2.05, 4.69) is 0 Å². The highest BCUT2D eigenvalue weighted by Gasteiger charge is 2.51. The zero-order valence-corrected chi connectivity index (χ0v) is 12.2. The maximum atomic E-state index is 15.0. The Hall–Kier alpha value is -1.07. The van der Waals surface area contributed by atoms with Crippen LogP contribution < -0.4 is 10.4 Å². The van der Waals surface area contributed by atoms with Crippen LogP contribution in [0.3, 0.4) is 0 Å². The third-order valence-corrected chi connectivity index (χ3v) is 3.84. The van der Waals surface area contributed by atoms with Crippen LogP contribution >= 0.6 is 0 Å². The Morgan fingerprint density at radius 2 is 1.71 bits per heavy atom. The lowest BCUT2D eigenvalue weighted by Gasteiger charge is -2.32. The summed E-state index contributed by atoms with van der Waals surface area (Å²) >= 11 is 0. The van der Waals surface area contributed by atoms with Crippen LogP contribution in [0, 0.1) is 5.82 Å².